The van der Waals surface area contributed by atoms with Gasteiger partial charge in [0.25, 0.3) is 0 Å². The van der Waals surface area contributed by atoms with Crippen molar-refractivity contribution in [2.24, 2.45) is 0 Å². The molecule has 1 aliphatic heterocycles. The monoisotopic (exact) mass is 225 g/mol. The minimum atomic E-state index is -0.421. The first-order valence-electron chi connectivity index (χ1n) is 5.42. The lowest BCUT2D eigenvalue weighted by Gasteiger charge is -2.36. The van der Waals surface area contributed by atoms with Gasteiger partial charge in [-0.2, -0.15) is 0 Å². The van der Waals surface area contributed by atoms with Crippen LogP contribution in [0, 0.1) is 5.82 Å². The van der Waals surface area contributed by atoms with Crippen molar-refractivity contribution in [3.63, 3.8) is 0 Å². The number of hydrogen-bond acceptors (Lipinski definition) is 3. The van der Waals surface area contributed by atoms with Gasteiger partial charge in [-0.3, -0.25) is 0 Å². The van der Waals surface area contributed by atoms with Crippen LogP contribution in [0.15, 0.2) is 24.3 Å². The normalized spacial score (nSPS) is 25.6. The summed E-state index contributed by atoms with van der Waals surface area (Å²) in [6.07, 6.45) is 0.643. The van der Waals surface area contributed by atoms with E-state index in [-0.39, 0.29) is 12.4 Å². The first-order chi connectivity index (χ1) is 7.74. The number of nitrogens with one attached hydrogen (secondary N) is 1. The Morgan fingerprint density at radius 2 is 2.12 bits per heavy atom. The average molecular weight is 225 g/mol. The highest BCUT2D eigenvalue weighted by Crippen LogP contribution is 2.16. The van der Waals surface area contributed by atoms with E-state index >= 15 is 0 Å². The topological polar surface area (TPSA) is 41.5 Å². The minimum absolute atomic E-state index is 0.0182. The lowest BCUT2D eigenvalue weighted by molar-refractivity contribution is -0.000723. The Balaban J connectivity index is 2.08. The van der Waals surface area contributed by atoms with Gasteiger partial charge in [0.1, 0.15) is 5.82 Å². The summed E-state index contributed by atoms with van der Waals surface area (Å²) in [4.78, 5) is 0. The zero-order chi connectivity index (χ0) is 11.4. The Morgan fingerprint density at radius 1 is 1.38 bits per heavy atom. The number of ether oxygens (including phenoxy) is 1. The Bertz CT molecular complexity index is 333. The molecule has 2 rings (SSSR count). The lowest BCUT2D eigenvalue weighted by atomic mass is 9.91. The van der Waals surface area contributed by atoms with Gasteiger partial charge in [-0.25, -0.2) is 4.39 Å². The van der Waals surface area contributed by atoms with Crippen LogP contribution in [0.2, 0.25) is 0 Å². The maximum Gasteiger partial charge on any atom is 0.123 e. The van der Waals surface area contributed by atoms with E-state index in [0.29, 0.717) is 19.6 Å². The molecule has 1 aromatic rings. The second-order valence-electron chi connectivity index (χ2n) is 4.22. The third-order valence-electron chi connectivity index (χ3n) is 2.88. The minimum Gasteiger partial charge on any atom is -0.394 e. The van der Waals surface area contributed by atoms with Crippen LogP contribution >= 0.6 is 0 Å². The fourth-order valence-corrected chi connectivity index (χ4v) is 1.97. The molecular formula is C12H16FNO2. The molecule has 0 amide bonds. The van der Waals surface area contributed by atoms with Gasteiger partial charge in [-0.1, -0.05) is 12.1 Å². The first kappa shape index (κ1) is 11.5. The van der Waals surface area contributed by atoms with Crippen molar-refractivity contribution < 1.29 is 14.2 Å². The van der Waals surface area contributed by atoms with E-state index < -0.39 is 5.54 Å². The molecule has 3 nitrogen and oxygen atoms in total. The van der Waals surface area contributed by atoms with E-state index in [2.05, 4.69) is 5.32 Å². The number of rotatable bonds is 3. The predicted molar refractivity (Wildman–Crippen MR) is 58.7 cm³/mol. The molecule has 1 saturated heterocycles. The summed E-state index contributed by atoms with van der Waals surface area (Å²) < 4.78 is 18.1. The van der Waals surface area contributed by atoms with Crippen molar-refractivity contribution in [1.82, 2.24) is 5.32 Å². The molecule has 1 heterocycles. The summed E-state index contributed by atoms with van der Waals surface area (Å²) in [6.45, 7) is 1.91. The molecule has 4 heteroatoms. The summed E-state index contributed by atoms with van der Waals surface area (Å²) in [5.41, 5.74) is 0.573. The molecular weight excluding hydrogens is 209 g/mol. The molecule has 2 N–H and O–H groups in total. The number of aliphatic hydroxyl groups is 1. The van der Waals surface area contributed by atoms with Gasteiger partial charge >= 0.3 is 0 Å². The first-order valence-corrected chi connectivity index (χ1v) is 5.42. The summed E-state index contributed by atoms with van der Waals surface area (Å²) in [7, 11) is 0. The Labute approximate surface area is 94.2 Å². The summed E-state index contributed by atoms with van der Waals surface area (Å²) in [5.74, 6) is -0.241. The van der Waals surface area contributed by atoms with E-state index in [1.54, 1.807) is 12.1 Å². The summed E-state index contributed by atoms with van der Waals surface area (Å²) >= 11 is 0. The fraction of sp³-hybridized carbons (Fsp3) is 0.500. The SMILES string of the molecule is OCC1(Cc2ccc(F)cc2)COCCN1. The fourth-order valence-electron chi connectivity index (χ4n) is 1.97. The third-order valence-corrected chi connectivity index (χ3v) is 2.88. The Hall–Kier alpha value is -0.970. The van der Waals surface area contributed by atoms with Gasteiger partial charge in [-0.05, 0) is 24.1 Å². The smallest absolute Gasteiger partial charge is 0.123 e. The van der Waals surface area contributed by atoms with E-state index in [9.17, 15) is 9.50 Å². The lowest BCUT2D eigenvalue weighted by Crippen LogP contribution is -2.58. The predicted octanol–water partition coefficient (Wildman–Crippen LogP) is 0.719. The molecule has 1 aliphatic rings. The Morgan fingerprint density at radius 3 is 2.69 bits per heavy atom. The molecule has 0 spiro atoms. The van der Waals surface area contributed by atoms with Crippen LogP contribution in [0.5, 0.6) is 0 Å². The van der Waals surface area contributed by atoms with Crippen LogP contribution in [-0.4, -0.2) is 37.0 Å². The number of halogens is 1. The summed E-state index contributed by atoms with van der Waals surface area (Å²) in [6, 6.07) is 6.35. The number of aliphatic hydroxyl groups excluding tert-OH is 1. The van der Waals surface area contributed by atoms with Crippen LogP contribution < -0.4 is 5.32 Å². The molecule has 0 bridgehead atoms. The van der Waals surface area contributed by atoms with Crippen molar-refractivity contribution in [2.45, 2.75) is 12.0 Å². The van der Waals surface area contributed by atoms with Gasteiger partial charge in [0.2, 0.25) is 0 Å². The molecule has 0 aromatic heterocycles. The van der Waals surface area contributed by atoms with Crippen LogP contribution in [0.4, 0.5) is 4.39 Å². The van der Waals surface area contributed by atoms with Crippen molar-refractivity contribution in [1.29, 1.82) is 0 Å². The van der Waals surface area contributed by atoms with Crippen molar-refractivity contribution in [2.75, 3.05) is 26.4 Å². The van der Waals surface area contributed by atoms with Gasteiger partial charge in [-0.15, -0.1) is 0 Å². The Kier molecular flexibility index (Phi) is 3.53. The average Bonchev–Trinajstić information content (AvgIpc) is 2.33. The van der Waals surface area contributed by atoms with E-state index in [1.165, 1.54) is 12.1 Å². The van der Waals surface area contributed by atoms with Crippen LogP contribution in [-0.2, 0) is 11.2 Å². The standard InChI is InChI=1S/C12H16FNO2/c13-11-3-1-10(2-4-11)7-12(8-15)9-16-6-5-14-12/h1-4,14-15H,5-9H2. The maximum atomic E-state index is 12.8. The zero-order valence-electron chi connectivity index (χ0n) is 9.08. The molecule has 1 unspecified atom stereocenters. The molecule has 1 fully saturated rings. The molecule has 1 atom stereocenters. The van der Waals surface area contributed by atoms with Gasteiger partial charge in [0.05, 0.1) is 25.4 Å². The molecule has 0 radical (unpaired) electrons. The number of morpholine rings is 1. The van der Waals surface area contributed by atoms with Crippen LogP contribution in [0.1, 0.15) is 5.56 Å². The third kappa shape index (κ3) is 2.58. The van der Waals surface area contributed by atoms with Crippen LogP contribution in [0.3, 0.4) is 0 Å². The quantitative estimate of drug-likeness (QED) is 0.796. The highest BCUT2D eigenvalue weighted by molar-refractivity contribution is 5.19. The van der Waals surface area contributed by atoms with Crippen molar-refractivity contribution in [3.8, 4) is 0 Å². The maximum absolute atomic E-state index is 12.8. The highest BCUT2D eigenvalue weighted by atomic mass is 19.1. The molecule has 1 aromatic carbocycles. The highest BCUT2D eigenvalue weighted by Gasteiger charge is 2.31. The summed E-state index contributed by atoms with van der Waals surface area (Å²) in [5, 5.41) is 12.7. The van der Waals surface area contributed by atoms with E-state index in [0.717, 1.165) is 12.1 Å². The molecule has 0 aliphatic carbocycles. The largest absolute Gasteiger partial charge is 0.394 e. The van der Waals surface area contributed by atoms with E-state index in [1.807, 2.05) is 0 Å². The van der Waals surface area contributed by atoms with Gasteiger partial charge < -0.3 is 15.2 Å². The number of benzene rings is 1. The van der Waals surface area contributed by atoms with E-state index in [4.69, 9.17) is 4.74 Å². The second kappa shape index (κ2) is 4.91. The molecule has 0 saturated carbocycles. The zero-order valence-corrected chi connectivity index (χ0v) is 9.08. The molecule has 16 heavy (non-hydrogen) atoms. The number of hydrogen-bond donors (Lipinski definition) is 2. The van der Waals surface area contributed by atoms with Crippen molar-refractivity contribution in [3.05, 3.63) is 35.6 Å². The van der Waals surface area contributed by atoms with Gasteiger partial charge in [0.15, 0.2) is 0 Å². The molecule has 88 valence electrons. The van der Waals surface area contributed by atoms with Crippen LogP contribution in [0.25, 0.3) is 0 Å². The van der Waals surface area contributed by atoms with Gasteiger partial charge in [0, 0.05) is 6.54 Å². The second-order valence-corrected chi connectivity index (χ2v) is 4.22. The van der Waals surface area contributed by atoms with Crippen molar-refractivity contribution >= 4 is 0 Å².